The molecule has 0 heterocycles. The first-order valence-electron chi connectivity index (χ1n) is 7.27. The summed E-state index contributed by atoms with van der Waals surface area (Å²) in [7, 11) is 0. The Morgan fingerprint density at radius 3 is 2.23 bits per heavy atom. The predicted octanol–water partition coefficient (Wildman–Crippen LogP) is 3.46. The first-order valence-corrected chi connectivity index (χ1v) is 7.27. The highest BCUT2D eigenvalue weighted by atomic mass is 16.1. The molecule has 0 atom stereocenters. The number of hydrogen-bond donors (Lipinski definition) is 1. The first kappa shape index (κ1) is 15.7. The Hall–Kier alpha value is -2.68. The van der Waals surface area contributed by atoms with Crippen LogP contribution in [0, 0.1) is 0 Å². The van der Waals surface area contributed by atoms with E-state index in [-0.39, 0.29) is 11.7 Å². The van der Waals surface area contributed by atoms with Crippen molar-refractivity contribution in [2.45, 2.75) is 13.3 Å². The molecule has 2 aromatic carbocycles. The summed E-state index contributed by atoms with van der Waals surface area (Å²) in [5, 5.41) is 2.74. The standard InChI is InChI=1S/C19H19NO2/c1-15(21)20-14-6-5-7-16-10-12-18(13-11-16)19(22)17-8-3-2-4-9-17/h2-5,7-13H,6,14H2,1H3,(H,20,21). The highest BCUT2D eigenvalue weighted by Gasteiger charge is 2.07. The van der Waals surface area contributed by atoms with Gasteiger partial charge in [0.15, 0.2) is 5.78 Å². The molecule has 0 saturated heterocycles. The fourth-order valence-electron chi connectivity index (χ4n) is 2.05. The van der Waals surface area contributed by atoms with E-state index in [1.54, 1.807) is 0 Å². The van der Waals surface area contributed by atoms with Crippen molar-refractivity contribution in [1.29, 1.82) is 0 Å². The van der Waals surface area contributed by atoms with Crippen LogP contribution in [0.1, 0.15) is 34.8 Å². The first-order chi connectivity index (χ1) is 10.7. The molecule has 0 bridgehead atoms. The molecule has 0 saturated carbocycles. The van der Waals surface area contributed by atoms with Gasteiger partial charge in [0.2, 0.25) is 5.91 Å². The maximum absolute atomic E-state index is 12.3. The molecule has 0 aliphatic rings. The van der Waals surface area contributed by atoms with Crippen LogP contribution in [0.2, 0.25) is 0 Å². The lowest BCUT2D eigenvalue weighted by molar-refractivity contribution is -0.118. The molecule has 112 valence electrons. The Bertz CT molecular complexity index is 658. The Morgan fingerprint density at radius 1 is 0.955 bits per heavy atom. The van der Waals surface area contributed by atoms with Crippen molar-refractivity contribution in [2.24, 2.45) is 0 Å². The van der Waals surface area contributed by atoms with E-state index in [1.165, 1.54) is 6.92 Å². The van der Waals surface area contributed by atoms with Gasteiger partial charge in [-0.15, -0.1) is 0 Å². The van der Waals surface area contributed by atoms with Crippen molar-refractivity contribution in [3.05, 3.63) is 77.4 Å². The number of carbonyl (C=O) groups excluding carboxylic acids is 2. The topological polar surface area (TPSA) is 46.2 Å². The van der Waals surface area contributed by atoms with Gasteiger partial charge in [0.1, 0.15) is 0 Å². The molecular weight excluding hydrogens is 274 g/mol. The van der Waals surface area contributed by atoms with Crippen molar-refractivity contribution in [1.82, 2.24) is 5.32 Å². The SMILES string of the molecule is CC(=O)NCCC=Cc1ccc(C(=O)c2ccccc2)cc1. The molecule has 0 spiro atoms. The van der Waals surface area contributed by atoms with Gasteiger partial charge >= 0.3 is 0 Å². The van der Waals surface area contributed by atoms with E-state index in [1.807, 2.05) is 66.7 Å². The van der Waals surface area contributed by atoms with E-state index in [4.69, 9.17) is 0 Å². The van der Waals surface area contributed by atoms with E-state index in [0.29, 0.717) is 17.7 Å². The maximum Gasteiger partial charge on any atom is 0.216 e. The van der Waals surface area contributed by atoms with Gasteiger partial charge in [-0.05, 0) is 12.0 Å². The lowest BCUT2D eigenvalue weighted by Gasteiger charge is -2.02. The molecular formula is C19H19NO2. The summed E-state index contributed by atoms with van der Waals surface area (Å²) in [4.78, 5) is 23.0. The van der Waals surface area contributed by atoms with Crippen LogP contribution in [-0.4, -0.2) is 18.2 Å². The van der Waals surface area contributed by atoms with Crippen LogP contribution in [0.5, 0.6) is 0 Å². The molecule has 3 heteroatoms. The lowest BCUT2D eigenvalue weighted by atomic mass is 10.0. The predicted molar refractivity (Wildman–Crippen MR) is 88.7 cm³/mol. The largest absolute Gasteiger partial charge is 0.356 e. The number of ketones is 1. The van der Waals surface area contributed by atoms with Crippen LogP contribution in [0.25, 0.3) is 6.08 Å². The van der Waals surface area contributed by atoms with Gasteiger partial charge < -0.3 is 5.32 Å². The zero-order valence-electron chi connectivity index (χ0n) is 12.6. The molecule has 2 rings (SSSR count). The highest BCUT2D eigenvalue weighted by Crippen LogP contribution is 2.12. The maximum atomic E-state index is 12.3. The molecule has 22 heavy (non-hydrogen) atoms. The zero-order chi connectivity index (χ0) is 15.8. The fourth-order valence-corrected chi connectivity index (χ4v) is 2.05. The lowest BCUT2D eigenvalue weighted by Crippen LogP contribution is -2.20. The second-order valence-electron chi connectivity index (χ2n) is 4.99. The minimum atomic E-state index is -0.0165. The second-order valence-corrected chi connectivity index (χ2v) is 4.99. The van der Waals surface area contributed by atoms with Gasteiger partial charge in [-0.25, -0.2) is 0 Å². The van der Waals surface area contributed by atoms with Crippen LogP contribution in [0.4, 0.5) is 0 Å². The molecule has 1 N–H and O–H groups in total. The Morgan fingerprint density at radius 2 is 1.59 bits per heavy atom. The number of benzene rings is 2. The van der Waals surface area contributed by atoms with E-state index >= 15 is 0 Å². The van der Waals surface area contributed by atoms with Crippen molar-refractivity contribution in [3.63, 3.8) is 0 Å². The molecule has 0 fully saturated rings. The van der Waals surface area contributed by atoms with Crippen LogP contribution in [-0.2, 0) is 4.79 Å². The Kier molecular flexibility index (Phi) is 5.66. The van der Waals surface area contributed by atoms with Gasteiger partial charge in [0, 0.05) is 24.6 Å². The third kappa shape index (κ3) is 4.70. The van der Waals surface area contributed by atoms with Gasteiger partial charge in [-0.1, -0.05) is 66.7 Å². The highest BCUT2D eigenvalue weighted by molar-refractivity contribution is 6.09. The number of amides is 1. The average Bonchev–Trinajstić information content (AvgIpc) is 2.55. The monoisotopic (exact) mass is 293 g/mol. The Balaban J connectivity index is 1.94. The summed E-state index contributed by atoms with van der Waals surface area (Å²) >= 11 is 0. The van der Waals surface area contributed by atoms with E-state index < -0.39 is 0 Å². The number of hydrogen-bond acceptors (Lipinski definition) is 2. The minimum absolute atomic E-state index is 0.0165. The summed E-state index contributed by atoms with van der Waals surface area (Å²) < 4.78 is 0. The normalized spacial score (nSPS) is 10.6. The van der Waals surface area contributed by atoms with Crippen LogP contribution >= 0.6 is 0 Å². The summed E-state index contributed by atoms with van der Waals surface area (Å²) in [6.07, 6.45) is 4.77. The molecule has 0 aromatic heterocycles. The Labute approximate surface area is 130 Å². The van der Waals surface area contributed by atoms with Crippen LogP contribution in [0.3, 0.4) is 0 Å². The minimum Gasteiger partial charge on any atom is -0.356 e. The van der Waals surface area contributed by atoms with E-state index in [2.05, 4.69) is 5.32 Å². The van der Waals surface area contributed by atoms with Gasteiger partial charge in [-0.3, -0.25) is 9.59 Å². The summed E-state index contributed by atoms with van der Waals surface area (Å²) in [5.41, 5.74) is 2.41. The number of carbonyl (C=O) groups is 2. The fraction of sp³-hybridized carbons (Fsp3) is 0.158. The molecule has 0 aliphatic heterocycles. The smallest absolute Gasteiger partial charge is 0.216 e. The van der Waals surface area contributed by atoms with Crippen molar-refractivity contribution in [2.75, 3.05) is 6.54 Å². The van der Waals surface area contributed by atoms with Crippen molar-refractivity contribution >= 4 is 17.8 Å². The molecule has 0 unspecified atom stereocenters. The molecule has 2 aromatic rings. The van der Waals surface area contributed by atoms with Gasteiger partial charge in [0.25, 0.3) is 0 Å². The van der Waals surface area contributed by atoms with Gasteiger partial charge in [0.05, 0.1) is 0 Å². The molecule has 0 radical (unpaired) electrons. The average molecular weight is 293 g/mol. The molecule has 1 amide bonds. The summed E-state index contributed by atoms with van der Waals surface area (Å²) in [6.45, 7) is 2.14. The summed E-state index contributed by atoms with van der Waals surface area (Å²) in [6, 6.07) is 16.8. The van der Waals surface area contributed by atoms with E-state index in [0.717, 1.165) is 12.0 Å². The zero-order valence-corrected chi connectivity index (χ0v) is 12.6. The van der Waals surface area contributed by atoms with Crippen molar-refractivity contribution < 1.29 is 9.59 Å². The second kappa shape index (κ2) is 7.93. The van der Waals surface area contributed by atoms with Crippen LogP contribution < -0.4 is 5.32 Å². The third-order valence-corrected chi connectivity index (χ3v) is 3.20. The third-order valence-electron chi connectivity index (χ3n) is 3.20. The number of nitrogens with one attached hydrogen (secondary N) is 1. The van der Waals surface area contributed by atoms with E-state index in [9.17, 15) is 9.59 Å². The number of rotatable bonds is 6. The molecule has 0 aliphatic carbocycles. The van der Waals surface area contributed by atoms with Crippen LogP contribution in [0.15, 0.2) is 60.7 Å². The summed E-state index contributed by atoms with van der Waals surface area (Å²) in [5.74, 6) is 0.0129. The van der Waals surface area contributed by atoms with Crippen molar-refractivity contribution in [3.8, 4) is 0 Å². The quantitative estimate of drug-likeness (QED) is 0.655. The van der Waals surface area contributed by atoms with Gasteiger partial charge in [-0.2, -0.15) is 0 Å². The molecule has 3 nitrogen and oxygen atoms in total.